The van der Waals surface area contributed by atoms with Crippen molar-refractivity contribution in [1.82, 2.24) is 20.1 Å². The lowest BCUT2D eigenvalue weighted by Gasteiger charge is -2.22. The van der Waals surface area contributed by atoms with Gasteiger partial charge >= 0.3 is 0 Å². The van der Waals surface area contributed by atoms with Crippen LogP contribution in [-0.4, -0.2) is 32.3 Å². The zero-order valence-corrected chi connectivity index (χ0v) is 22.6. The van der Waals surface area contributed by atoms with Crippen LogP contribution in [0.3, 0.4) is 0 Å². The predicted octanol–water partition coefficient (Wildman–Crippen LogP) is 6.10. The standard InChI is InChI=1S/C25H29Cl2N5O2S/c1-14(2)17-8-6-7-9-20(17)28-21(33)13-35-25-31-30-23(32(25)5)22(15(3)4)29-24(34)18-11-10-16(26)12-19(18)27/h6-12,14-15,22H,13H2,1-5H3,(H,28,33)(H,29,34)/t22-/m0/s1. The quantitative estimate of drug-likeness (QED) is 0.324. The number of carbonyl (C=O) groups is 2. The largest absolute Gasteiger partial charge is 0.342 e. The third-order valence-corrected chi connectivity index (χ3v) is 7.03. The van der Waals surface area contributed by atoms with E-state index in [1.807, 2.05) is 45.2 Å². The fraction of sp³-hybridized carbons (Fsp3) is 0.360. The summed E-state index contributed by atoms with van der Waals surface area (Å²) in [6.07, 6.45) is 0. The third kappa shape index (κ3) is 6.78. The number of hydrogen-bond acceptors (Lipinski definition) is 5. The Hall–Kier alpha value is -2.55. The van der Waals surface area contributed by atoms with Gasteiger partial charge in [0.25, 0.3) is 5.91 Å². The summed E-state index contributed by atoms with van der Waals surface area (Å²) in [5.74, 6) is 0.640. The van der Waals surface area contributed by atoms with Crippen LogP contribution in [0.1, 0.15) is 61.4 Å². The number of carbonyl (C=O) groups excluding carboxylic acids is 2. The molecule has 3 aromatic rings. The van der Waals surface area contributed by atoms with Crippen molar-refractivity contribution < 1.29 is 9.59 Å². The lowest BCUT2D eigenvalue weighted by molar-refractivity contribution is -0.113. The summed E-state index contributed by atoms with van der Waals surface area (Å²) in [5.41, 5.74) is 2.23. The number of rotatable bonds is 9. The van der Waals surface area contributed by atoms with Gasteiger partial charge in [-0.2, -0.15) is 0 Å². The first-order valence-electron chi connectivity index (χ1n) is 11.2. The van der Waals surface area contributed by atoms with E-state index in [1.54, 1.807) is 16.7 Å². The summed E-state index contributed by atoms with van der Waals surface area (Å²) >= 11 is 13.4. The monoisotopic (exact) mass is 533 g/mol. The number of benzene rings is 2. The minimum atomic E-state index is -0.409. The molecular formula is C25H29Cl2N5O2S. The summed E-state index contributed by atoms with van der Waals surface area (Å²) in [6, 6.07) is 12.1. The van der Waals surface area contributed by atoms with E-state index in [9.17, 15) is 9.59 Å². The normalized spacial score (nSPS) is 12.1. The van der Waals surface area contributed by atoms with E-state index in [1.165, 1.54) is 17.8 Å². The molecule has 1 aromatic heterocycles. The zero-order valence-electron chi connectivity index (χ0n) is 20.3. The van der Waals surface area contributed by atoms with Gasteiger partial charge in [0.05, 0.1) is 22.4 Å². The Morgan fingerprint density at radius 1 is 1.06 bits per heavy atom. The van der Waals surface area contributed by atoms with E-state index in [0.717, 1.165) is 11.3 Å². The van der Waals surface area contributed by atoms with Crippen LogP contribution in [0.15, 0.2) is 47.6 Å². The fourth-order valence-electron chi connectivity index (χ4n) is 3.58. The predicted molar refractivity (Wildman–Crippen MR) is 142 cm³/mol. The Labute approximate surface area is 220 Å². The molecule has 3 rings (SSSR count). The summed E-state index contributed by atoms with van der Waals surface area (Å²) in [6.45, 7) is 8.14. The number of hydrogen-bond donors (Lipinski definition) is 2. The Kier molecular flexibility index (Phi) is 9.21. The molecule has 0 aliphatic carbocycles. The molecule has 1 heterocycles. The highest BCUT2D eigenvalue weighted by Gasteiger charge is 2.26. The van der Waals surface area contributed by atoms with Gasteiger partial charge in [-0.1, -0.05) is 80.9 Å². The first kappa shape index (κ1) is 27.0. The average Bonchev–Trinajstić information content (AvgIpc) is 3.15. The van der Waals surface area contributed by atoms with Gasteiger partial charge in [-0.25, -0.2) is 0 Å². The van der Waals surface area contributed by atoms with E-state index in [0.29, 0.717) is 27.5 Å². The number of halogens is 2. The summed E-state index contributed by atoms with van der Waals surface area (Å²) in [4.78, 5) is 25.5. The highest BCUT2D eigenvalue weighted by atomic mass is 35.5. The maximum absolute atomic E-state index is 12.9. The maximum atomic E-state index is 12.9. The second kappa shape index (κ2) is 11.9. The van der Waals surface area contributed by atoms with Crippen LogP contribution in [0.2, 0.25) is 10.0 Å². The van der Waals surface area contributed by atoms with E-state index in [4.69, 9.17) is 23.2 Å². The van der Waals surface area contributed by atoms with Gasteiger partial charge in [-0.05, 0) is 41.7 Å². The lowest BCUT2D eigenvalue weighted by atomic mass is 10.0. The van der Waals surface area contributed by atoms with Gasteiger partial charge in [0.15, 0.2) is 11.0 Å². The minimum Gasteiger partial charge on any atom is -0.342 e. The molecule has 0 aliphatic heterocycles. The molecular weight excluding hydrogens is 505 g/mol. The van der Waals surface area contributed by atoms with Gasteiger partial charge in [-0.3, -0.25) is 9.59 Å². The molecule has 35 heavy (non-hydrogen) atoms. The van der Waals surface area contributed by atoms with E-state index >= 15 is 0 Å². The molecule has 10 heteroatoms. The van der Waals surface area contributed by atoms with Gasteiger partial charge in [0.2, 0.25) is 5.91 Å². The van der Waals surface area contributed by atoms with Gasteiger partial charge < -0.3 is 15.2 Å². The number of anilines is 1. The number of thioether (sulfide) groups is 1. The van der Waals surface area contributed by atoms with Crippen molar-refractivity contribution in [2.75, 3.05) is 11.1 Å². The topological polar surface area (TPSA) is 88.9 Å². The Morgan fingerprint density at radius 3 is 2.43 bits per heavy atom. The first-order valence-corrected chi connectivity index (χ1v) is 13.0. The molecule has 186 valence electrons. The fourth-order valence-corrected chi connectivity index (χ4v) is 4.79. The van der Waals surface area contributed by atoms with Crippen LogP contribution >= 0.6 is 35.0 Å². The molecule has 0 fully saturated rings. The second-order valence-corrected chi connectivity index (χ2v) is 10.6. The minimum absolute atomic E-state index is 0.0293. The van der Waals surface area contributed by atoms with Crippen LogP contribution in [0.4, 0.5) is 5.69 Å². The molecule has 2 N–H and O–H groups in total. The third-order valence-electron chi connectivity index (χ3n) is 5.47. The molecule has 0 unspecified atom stereocenters. The van der Waals surface area contributed by atoms with Crippen molar-refractivity contribution in [2.24, 2.45) is 13.0 Å². The van der Waals surface area contributed by atoms with Crippen LogP contribution < -0.4 is 10.6 Å². The van der Waals surface area contributed by atoms with Crippen molar-refractivity contribution in [3.63, 3.8) is 0 Å². The van der Waals surface area contributed by atoms with Crippen molar-refractivity contribution in [2.45, 2.75) is 44.8 Å². The summed E-state index contributed by atoms with van der Waals surface area (Å²) in [5, 5.41) is 15.9. The molecule has 0 saturated carbocycles. The lowest BCUT2D eigenvalue weighted by Crippen LogP contribution is -2.33. The maximum Gasteiger partial charge on any atom is 0.253 e. The number of nitrogens with zero attached hydrogens (tertiary/aromatic N) is 3. The van der Waals surface area contributed by atoms with E-state index in [2.05, 4.69) is 34.7 Å². The number of nitrogens with one attached hydrogen (secondary N) is 2. The zero-order chi connectivity index (χ0) is 25.7. The van der Waals surface area contributed by atoms with Crippen LogP contribution in [0.5, 0.6) is 0 Å². The number of aromatic nitrogens is 3. The SMILES string of the molecule is CC(C)c1ccccc1NC(=O)CSc1nnc([C@@H](NC(=O)c2ccc(Cl)cc2Cl)C(C)C)n1C. The Balaban J connectivity index is 1.69. The van der Waals surface area contributed by atoms with Gasteiger partial charge in [0.1, 0.15) is 0 Å². The highest BCUT2D eigenvalue weighted by molar-refractivity contribution is 7.99. The summed E-state index contributed by atoms with van der Waals surface area (Å²) < 4.78 is 1.80. The first-order chi connectivity index (χ1) is 16.6. The van der Waals surface area contributed by atoms with Crippen LogP contribution in [-0.2, 0) is 11.8 Å². The number of amides is 2. The Morgan fingerprint density at radius 2 is 1.77 bits per heavy atom. The van der Waals surface area contributed by atoms with E-state index in [-0.39, 0.29) is 28.5 Å². The van der Waals surface area contributed by atoms with Crippen molar-refractivity contribution in [3.8, 4) is 0 Å². The van der Waals surface area contributed by atoms with Gasteiger partial charge in [-0.15, -0.1) is 10.2 Å². The molecule has 0 radical (unpaired) electrons. The smallest absolute Gasteiger partial charge is 0.253 e. The second-order valence-electron chi connectivity index (χ2n) is 8.80. The van der Waals surface area contributed by atoms with Crippen molar-refractivity contribution in [1.29, 1.82) is 0 Å². The van der Waals surface area contributed by atoms with Crippen LogP contribution in [0, 0.1) is 5.92 Å². The molecule has 7 nitrogen and oxygen atoms in total. The van der Waals surface area contributed by atoms with Crippen molar-refractivity contribution in [3.05, 3.63) is 69.5 Å². The molecule has 0 saturated heterocycles. The molecule has 1 atom stereocenters. The molecule has 0 aliphatic rings. The molecule has 2 amide bonds. The van der Waals surface area contributed by atoms with Gasteiger partial charge in [0, 0.05) is 17.8 Å². The van der Waals surface area contributed by atoms with E-state index < -0.39 is 6.04 Å². The number of para-hydroxylation sites is 1. The molecule has 0 bridgehead atoms. The average molecular weight is 535 g/mol. The summed E-state index contributed by atoms with van der Waals surface area (Å²) in [7, 11) is 1.82. The van der Waals surface area contributed by atoms with Crippen LogP contribution in [0.25, 0.3) is 0 Å². The Bertz CT molecular complexity index is 1210. The molecule has 0 spiro atoms. The highest BCUT2D eigenvalue weighted by Crippen LogP contribution is 2.27. The molecule has 2 aromatic carbocycles. The van der Waals surface area contributed by atoms with Crippen molar-refractivity contribution >= 4 is 52.5 Å².